The van der Waals surface area contributed by atoms with E-state index in [-0.39, 0.29) is 37.7 Å². The van der Waals surface area contributed by atoms with Crippen LogP contribution in [0, 0.1) is 0 Å². The van der Waals surface area contributed by atoms with Crippen molar-refractivity contribution in [1.29, 1.82) is 0 Å². The Morgan fingerprint density at radius 3 is 2.82 bits per heavy atom. The summed E-state index contributed by atoms with van der Waals surface area (Å²) < 4.78 is 27.3. The van der Waals surface area contributed by atoms with Crippen molar-refractivity contribution in [3.63, 3.8) is 0 Å². The lowest BCUT2D eigenvalue weighted by Crippen LogP contribution is -2.43. The first kappa shape index (κ1) is 21.8. The van der Waals surface area contributed by atoms with Gasteiger partial charge in [0, 0.05) is 31.3 Å². The molecule has 7 nitrogen and oxygen atoms in total. The van der Waals surface area contributed by atoms with Crippen LogP contribution in [0.2, 0.25) is 5.02 Å². The fourth-order valence-electron chi connectivity index (χ4n) is 3.93. The monoisotopic (exact) mass is 488 g/mol. The van der Waals surface area contributed by atoms with Crippen LogP contribution in [0.15, 0.2) is 36.1 Å². The molecule has 1 N–H and O–H groups in total. The number of hydrogen-bond donors (Lipinski definition) is 1. The van der Waals surface area contributed by atoms with Crippen LogP contribution >= 0.6 is 22.9 Å². The van der Waals surface area contributed by atoms with Crippen LogP contribution in [0.25, 0.3) is 21.1 Å². The third-order valence-corrected chi connectivity index (χ3v) is 6.79. The molecule has 170 valence electrons. The molecular formula is C22H19ClF2N6OS. The van der Waals surface area contributed by atoms with Crippen LogP contribution in [0.1, 0.15) is 42.0 Å². The van der Waals surface area contributed by atoms with Crippen LogP contribution in [0.4, 0.5) is 14.6 Å². The lowest BCUT2D eigenvalue weighted by atomic mass is 10.0. The van der Waals surface area contributed by atoms with E-state index < -0.39 is 11.8 Å². The normalized spacial score (nSPS) is 16.8. The molecule has 1 aromatic carbocycles. The summed E-state index contributed by atoms with van der Waals surface area (Å²) in [6, 6.07) is 6.87. The van der Waals surface area contributed by atoms with Gasteiger partial charge in [0.25, 0.3) is 11.8 Å². The molecule has 1 atom stereocenters. The van der Waals surface area contributed by atoms with Crippen LogP contribution in [-0.2, 0) is 0 Å². The molecule has 1 fully saturated rings. The second kappa shape index (κ2) is 8.42. The lowest BCUT2D eigenvalue weighted by molar-refractivity contribution is -0.0494. The van der Waals surface area contributed by atoms with Crippen LogP contribution in [0.5, 0.6) is 0 Å². The third kappa shape index (κ3) is 4.20. The predicted molar refractivity (Wildman–Crippen MR) is 124 cm³/mol. The Bertz CT molecular complexity index is 1350. The highest BCUT2D eigenvalue weighted by Gasteiger charge is 2.36. The molecule has 1 amide bonds. The molecule has 0 aliphatic carbocycles. The number of nitrogens with one attached hydrogen (secondary N) is 1. The van der Waals surface area contributed by atoms with Crippen molar-refractivity contribution in [2.45, 2.75) is 31.7 Å². The number of likely N-dealkylation sites (tertiary alicyclic amines) is 1. The fourth-order valence-corrected chi connectivity index (χ4v) is 4.83. The van der Waals surface area contributed by atoms with Gasteiger partial charge < -0.3 is 10.2 Å². The van der Waals surface area contributed by atoms with E-state index in [4.69, 9.17) is 11.6 Å². The number of carbonyl (C=O) groups excluding carboxylic acids is 1. The number of alkyl halides is 2. The summed E-state index contributed by atoms with van der Waals surface area (Å²) in [6.07, 6.45) is 0.739. The molecule has 3 aromatic heterocycles. The summed E-state index contributed by atoms with van der Waals surface area (Å²) in [5.74, 6) is -2.59. The highest BCUT2D eigenvalue weighted by molar-refractivity contribution is 7.16. The number of carbonyl (C=O) groups is 1. The quantitative estimate of drug-likeness (QED) is 0.418. The van der Waals surface area contributed by atoms with Crippen molar-refractivity contribution in [3.05, 3.63) is 52.5 Å². The van der Waals surface area contributed by atoms with Gasteiger partial charge in [-0.2, -0.15) is 0 Å². The number of fused-ring (bicyclic) bond motifs is 2. The molecule has 1 saturated heterocycles. The zero-order valence-corrected chi connectivity index (χ0v) is 19.1. The first-order chi connectivity index (χ1) is 15.8. The van der Waals surface area contributed by atoms with Gasteiger partial charge in [0.15, 0.2) is 5.82 Å². The number of aromatic nitrogens is 4. The molecule has 0 radical (unpaired) electrons. The summed E-state index contributed by atoms with van der Waals surface area (Å²) >= 11 is 7.85. The molecule has 4 heterocycles. The second-order valence-electron chi connectivity index (χ2n) is 7.98. The molecule has 0 saturated carbocycles. The number of nitrogens with zero attached hydrogens (tertiary/aromatic N) is 5. The highest BCUT2D eigenvalue weighted by Crippen LogP contribution is 2.33. The average Bonchev–Trinajstić information content (AvgIpc) is 3.28. The summed E-state index contributed by atoms with van der Waals surface area (Å²) in [4.78, 5) is 33.0. The minimum Gasteiger partial charge on any atom is -0.360 e. The van der Waals surface area contributed by atoms with Gasteiger partial charge in [-0.1, -0.05) is 23.7 Å². The van der Waals surface area contributed by atoms with Gasteiger partial charge in [0.1, 0.15) is 22.4 Å². The van der Waals surface area contributed by atoms with Crippen LogP contribution in [-0.4, -0.2) is 49.8 Å². The van der Waals surface area contributed by atoms with Crippen molar-refractivity contribution in [2.24, 2.45) is 0 Å². The Morgan fingerprint density at radius 2 is 2.03 bits per heavy atom. The minimum atomic E-state index is -2.75. The molecule has 11 heteroatoms. The molecule has 0 bridgehead atoms. The van der Waals surface area contributed by atoms with Gasteiger partial charge in [0.05, 0.1) is 22.3 Å². The van der Waals surface area contributed by atoms with Gasteiger partial charge in [-0.05, 0) is 24.4 Å². The van der Waals surface area contributed by atoms with E-state index in [0.717, 1.165) is 10.2 Å². The maximum atomic E-state index is 13.6. The van der Waals surface area contributed by atoms with Gasteiger partial charge in [-0.15, -0.1) is 11.3 Å². The average molecular weight is 489 g/mol. The van der Waals surface area contributed by atoms with E-state index in [1.807, 2.05) is 19.1 Å². The summed E-state index contributed by atoms with van der Waals surface area (Å²) in [5.41, 5.74) is 3.11. The predicted octanol–water partition coefficient (Wildman–Crippen LogP) is 5.33. The van der Waals surface area contributed by atoms with Gasteiger partial charge in [-0.3, -0.25) is 4.79 Å². The molecule has 0 spiro atoms. The molecule has 1 aliphatic rings. The topological polar surface area (TPSA) is 83.9 Å². The van der Waals surface area contributed by atoms with Crippen molar-refractivity contribution in [1.82, 2.24) is 24.8 Å². The number of piperidine rings is 1. The molecule has 33 heavy (non-hydrogen) atoms. The summed E-state index contributed by atoms with van der Waals surface area (Å²) in [5, 5.41) is 4.94. The Hall–Kier alpha value is -2.98. The first-order valence-electron chi connectivity index (χ1n) is 10.4. The number of pyridine rings is 1. The SMILES string of the molecule is CC(Nc1ncnc2scnc12)c1cc2cccc(Cl)c2c(C(=O)N2CCC(F)(F)CC2)n1. The molecular weight excluding hydrogens is 470 g/mol. The fraction of sp³-hybridized carbons (Fsp3) is 0.318. The van der Waals surface area contributed by atoms with E-state index in [9.17, 15) is 13.6 Å². The molecule has 1 aliphatic heterocycles. The molecule has 1 unspecified atom stereocenters. The van der Waals surface area contributed by atoms with Gasteiger partial charge in [0.2, 0.25) is 0 Å². The Labute approximate surface area is 196 Å². The number of anilines is 1. The summed E-state index contributed by atoms with van der Waals surface area (Å²) in [6.45, 7) is 1.84. The molecule has 4 aromatic rings. The van der Waals surface area contributed by atoms with E-state index in [1.54, 1.807) is 17.6 Å². The third-order valence-electron chi connectivity index (χ3n) is 5.74. The Balaban J connectivity index is 1.52. The molecule has 5 rings (SSSR count). The first-order valence-corrected chi connectivity index (χ1v) is 11.7. The van der Waals surface area contributed by atoms with Crippen molar-refractivity contribution in [3.8, 4) is 0 Å². The van der Waals surface area contributed by atoms with Gasteiger partial charge >= 0.3 is 0 Å². The van der Waals surface area contributed by atoms with E-state index in [0.29, 0.717) is 27.4 Å². The number of rotatable bonds is 4. The number of hydrogen-bond acceptors (Lipinski definition) is 7. The van der Waals surface area contributed by atoms with Crippen LogP contribution < -0.4 is 5.32 Å². The highest BCUT2D eigenvalue weighted by atomic mass is 35.5. The Morgan fingerprint density at radius 1 is 1.24 bits per heavy atom. The van der Waals surface area contributed by atoms with Gasteiger partial charge in [-0.25, -0.2) is 28.7 Å². The number of thiazole rings is 1. The maximum absolute atomic E-state index is 13.6. The van der Waals surface area contributed by atoms with E-state index in [2.05, 4.69) is 25.3 Å². The summed E-state index contributed by atoms with van der Waals surface area (Å²) in [7, 11) is 0. The zero-order valence-electron chi connectivity index (χ0n) is 17.6. The van der Waals surface area contributed by atoms with Crippen molar-refractivity contribution < 1.29 is 13.6 Å². The number of amides is 1. The standard InChI is InChI=1S/C22H19ClF2N6OS/c1-12(29-19-18-20(27-10-26-19)33-11-28-18)15-9-13-3-2-4-14(23)16(13)17(30-15)21(32)31-7-5-22(24,25)6-8-31/h2-4,9-12H,5-8H2,1H3,(H,26,27,29). The second-order valence-corrected chi connectivity index (χ2v) is 9.22. The smallest absolute Gasteiger partial charge is 0.273 e. The van der Waals surface area contributed by atoms with E-state index in [1.165, 1.54) is 22.6 Å². The minimum absolute atomic E-state index is 0.0275. The zero-order chi connectivity index (χ0) is 23.2. The number of halogens is 3. The largest absolute Gasteiger partial charge is 0.360 e. The lowest BCUT2D eigenvalue weighted by Gasteiger charge is -2.32. The van der Waals surface area contributed by atoms with Crippen molar-refractivity contribution >= 4 is 55.8 Å². The number of benzene rings is 1. The van der Waals surface area contributed by atoms with Crippen LogP contribution in [0.3, 0.4) is 0 Å². The van der Waals surface area contributed by atoms with E-state index >= 15 is 0 Å². The Kier molecular flexibility index (Phi) is 5.57. The maximum Gasteiger partial charge on any atom is 0.273 e. The van der Waals surface area contributed by atoms with Crippen molar-refractivity contribution in [2.75, 3.05) is 18.4 Å².